The lowest BCUT2D eigenvalue weighted by atomic mass is 10.2. The smallest absolute Gasteiger partial charge is 0.271 e. The van der Waals surface area contributed by atoms with E-state index < -0.39 is 16.1 Å². The molecule has 0 aliphatic carbocycles. The number of non-ortho nitro benzene ring substituents is 1. The number of carbonyl (C=O) groups is 1. The Morgan fingerprint density at radius 1 is 1.46 bits per heavy atom. The van der Waals surface area contributed by atoms with Crippen LogP contribution in [0.1, 0.15) is 26.0 Å². The number of carbonyl (C=O) groups excluding carboxylic acids is 1. The molecular formula is C16H17ClN4O4S. The Kier molecular flexibility index (Phi) is 6.76. The number of hydrogen-bond acceptors (Lipinski definition) is 6. The number of benzene rings is 1. The molecule has 138 valence electrons. The van der Waals surface area contributed by atoms with Crippen molar-refractivity contribution in [2.75, 3.05) is 5.32 Å². The highest BCUT2D eigenvalue weighted by atomic mass is 35.5. The predicted octanol–water partition coefficient (Wildman–Crippen LogP) is 3.40. The van der Waals surface area contributed by atoms with Crippen LogP contribution in [0.2, 0.25) is 5.02 Å². The number of nitro groups is 1. The molecular weight excluding hydrogens is 380 g/mol. The van der Waals surface area contributed by atoms with Crippen LogP contribution in [0, 0.1) is 10.1 Å². The van der Waals surface area contributed by atoms with E-state index in [1.165, 1.54) is 24.3 Å². The molecule has 1 heterocycles. The quantitative estimate of drug-likeness (QED) is 0.320. The molecule has 2 aromatic rings. The molecule has 1 atom stereocenters. The molecule has 1 aromatic heterocycles. The normalized spacial score (nSPS) is 11.8. The van der Waals surface area contributed by atoms with E-state index >= 15 is 0 Å². The number of halogens is 1. The molecule has 0 aliphatic heterocycles. The van der Waals surface area contributed by atoms with Gasteiger partial charge < -0.3 is 10.3 Å². The van der Waals surface area contributed by atoms with Gasteiger partial charge in [0.25, 0.3) is 11.2 Å². The van der Waals surface area contributed by atoms with Gasteiger partial charge in [-0.25, -0.2) is 4.98 Å². The minimum Gasteiger partial charge on any atom is -0.324 e. The molecule has 26 heavy (non-hydrogen) atoms. The van der Waals surface area contributed by atoms with E-state index in [0.717, 1.165) is 18.2 Å². The third-order valence-corrected chi connectivity index (χ3v) is 4.67. The minimum absolute atomic E-state index is 0.152. The summed E-state index contributed by atoms with van der Waals surface area (Å²) in [7, 11) is 0. The number of anilines is 1. The topological polar surface area (TPSA) is 118 Å². The monoisotopic (exact) mass is 396 g/mol. The van der Waals surface area contributed by atoms with Crippen LogP contribution >= 0.6 is 23.4 Å². The molecule has 0 bridgehead atoms. The van der Waals surface area contributed by atoms with Crippen LogP contribution in [0.3, 0.4) is 0 Å². The van der Waals surface area contributed by atoms with Gasteiger partial charge in [-0.3, -0.25) is 19.7 Å². The number of H-pyrrole nitrogens is 1. The molecule has 0 unspecified atom stereocenters. The zero-order valence-electron chi connectivity index (χ0n) is 14.1. The van der Waals surface area contributed by atoms with Gasteiger partial charge in [0.05, 0.1) is 20.9 Å². The lowest BCUT2D eigenvalue weighted by Gasteiger charge is -2.12. The number of rotatable bonds is 7. The Morgan fingerprint density at radius 3 is 2.85 bits per heavy atom. The van der Waals surface area contributed by atoms with Crippen molar-refractivity contribution in [2.24, 2.45) is 0 Å². The van der Waals surface area contributed by atoms with Crippen LogP contribution in [-0.2, 0) is 11.2 Å². The van der Waals surface area contributed by atoms with Crippen molar-refractivity contribution in [3.8, 4) is 0 Å². The third kappa shape index (κ3) is 5.30. The van der Waals surface area contributed by atoms with Crippen molar-refractivity contribution in [3.63, 3.8) is 0 Å². The lowest BCUT2D eigenvalue weighted by molar-refractivity contribution is -0.384. The first-order valence-corrected chi connectivity index (χ1v) is 9.07. The summed E-state index contributed by atoms with van der Waals surface area (Å²) >= 11 is 7.07. The Labute approximate surface area is 158 Å². The van der Waals surface area contributed by atoms with Crippen LogP contribution < -0.4 is 10.9 Å². The van der Waals surface area contributed by atoms with Gasteiger partial charge in [-0.1, -0.05) is 36.7 Å². The summed E-state index contributed by atoms with van der Waals surface area (Å²) < 4.78 is 0. The Morgan fingerprint density at radius 2 is 2.19 bits per heavy atom. The second-order valence-corrected chi connectivity index (χ2v) is 7.20. The largest absolute Gasteiger partial charge is 0.324 e. The molecule has 2 rings (SSSR count). The van der Waals surface area contributed by atoms with Crippen molar-refractivity contribution in [2.45, 2.75) is 37.1 Å². The zero-order valence-corrected chi connectivity index (χ0v) is 15.7. The Bertz CT molecular complexity index is 887. The number of amides is 1. The van der Waals surface area contributed by atoms with Gasteiger partial charge in [0.15, 0.2) is 5.16 Å². The molecule has 0 saturated carbocycles. The van der Waals surface area contributed by atoms with Gasteiger partial charge in [0, 0.05) is 23.9 Å². The van der Waals surface area contributed by atoms with E-state index in [1.807, 2.05) is 6.92 Å². The van der Waals surface area contributed by atoms with Crippen LogP contribution in [0.5, 0.6) is 0 Å². The van der Waals surface area contributed by atoms with Gasteiger partial charge in [-0.2, -0.15) is 0 Å². The first kappa shape index (κ1) is 19.9. The third-order valence-electron chi connectivity index (χ3n) is 3.36. The Hall–Kier alpha value is -2.39. The van der Waals surface area contributed by atoms with Crippen molar-refractivity contribution in [1.29, 1.82) is 0 Å². The maximum atomic E-state index is 12.4. The van der Waals surface area contributed by atoms with Crippen LogP contribution in [-0.4, -0.2) is 26.0 Å². The van der Waals surface area contributed by atoms with E-state index in [1.54, 1.807) is 6.92 Å². The fourth-order valence-electron chi connectivity index (χ4n) is 2.10. The number of aromatic amines is 1. The SMILES string of the molecule is CCCc1cc(=O)[nH]c(S[C@@H](C)C(=O)Nc2cc([N+](=O)[O-])ccc2Cl)n1. The van der Waals surface area contributed by atoms with E-state index in [0.29, 0.717) is 17.3 Å². The summed E-state index contributed by atoms with van der Waals surface area (Å²) in [5, 5.41) is 13.3. The first-order chi connectivity index (χ1) is 12.3. The van der Waals surface area contributed by atoms with Gasteiger partial charge in [-0.15, -0.1) is 0 Å². The highest BCUT2D eigenvalue weighted by molar-refractivity contribution is 8.00. The van der Waals surface area contributed by atoms with E-state index in [9.17, 15) is 19.7 Å². The second kappa shape index (κ2) is 8.81. The molecule has 0 aliphatic rings. The van der Waals surface area contributed by atoms with E-state index in [2.05, 4.69) is 15.3 Å². The number of nitrogens with zero attached hydrogens (tertiary/aromatic N) is 2. The number of aromatic nitrogens is 2. The maximum Gasteiger partial charge on any atom is 0.271 e. The molecule has 1 amide bonds. The fourth-order valence-corrected chi connectivity index (χ4v) is 3.10. The number of hydrogen-bond donors (Lipinski definition) is 2. The van der Waals surface area contributed by atoms with E-state index in [-0.39, 0.29) is 22.0 Å². The standard InChI is InChI=1S/C16H17ClN4O4S/c1-3-4-10-7-14(22)20-16(18-10)26-9(2)15(23)19-13-8-11(21(24)25)5-6-12(13)17/h5-9H,3-4H2,1-2H3,(H,19,23)(H,18,20,22)/t9-/m0/s1. The second-order valence-electron chi connectivity index (χ2n) is 5.46. The molecule has 10 heteroatoms. The summed E-state index contributed by atoms with van der Waals surface area (Å²) in [6.45, 7) is 3.62. The van der Waals surface area contributed by atoms with Crippen LogP contribution in [0.15, 0.2) is 34.2 Å². The summed E-state index contributed by atoms with van der Waals surface area (Å²) in [6, 6.07) is 5.23. The fraction of sp³-hybridized carbons (Fsp3) is 0.312. The Balaban J connectivity index is 2.12. The predicted molar refractivity (Wildman–Crippen MR) is 101 cm³/mol. The molecule has 0 spiro atoms. The summed E-state index contributed by atoms with van der Waals surface area (Å²) in [4.78, 5) is 41.2. The van der Waals surface area contributed by atoms with Gasteiger partial charge in [0.1, 0.15) is 0 Å². The van der Waals surface area contributed by atoms with E-state index in [4.69, 9.17) is 11.6 Å². The lowest BCUT2D eigenvalue weighted by Crippen LogP contribution is -2.23. The van der Waals surface area contributed by atoms with Crippen molar-refractivity contribution < 1.29 is 9.72 Å². The van der Waals surface area contributed by atoms with Gasteiger partial charge in [-0.05, 0) is 19.4 Å². The minimum atomic E-state index is -0.606. The average molecular weight is 397 g/mol. The van der Waals surface area contributed by atoms with Gasteiger partial charge in [0.2, 0.25) is 5.91 Å². The van der Waals surface area contributed by atoms with Crippen LogP contribution in [0.4, 0.5) is 11.4 Å². The highest BCUT2D eigenvalue weighted by Gasteiger charge is 2.19. The summed E-state index contributed by atoms with van der Waals surface area (Å²) in [5.41, 5.74) is 0.358. The molecule has 0 radical (unpaired) electrons. The number of aryl methyl sites for hydroxylation is 1. The highest BCUT2D eigenvalue weighted by Crippen LogP contribution is 2.28. The molecule has 0 fully saturated rings. The van der Waals surface area contributed by atoms with Crippen molar-refractivity contribution in [3.05, 3.63) is 55.5 Å². The van der Waals surface area contributed by atoms with Crippen molar-refractivity contribution >= 4 is 40.6 Å². The first-order valence-electron chi connectivity index (χ1n) is 7.82. The molecule has 0 saturated heterocycles. The maximum absolute atomic E-state index is 12.4. The number of thioether (sulfide) groups is 1. The average Bonchev–Trinajstić information content (AvgIpc) is 2.56. The number of nitro benzene ring substituents is 1. The summed E-state index contributed by atoms with van der Waals surface area (Å²) in [5.74, 6) is -0.416. The van der Waals surface area contributed by atoms with Crippen molar-refractivity contribution in [1.82, 2.24) is 9.97 Å². The van der Waals surface area contributed by atoms with Gasteiger partial charge >= 0.3 is 0 Å². The zero-order chi connectivity index (χ0) is 19.3. The number of nitrogens with one attached hydrogen (secondary N) is 2. The van der Waals surface area contributed by atoms with Crippen LogP contribution in [0.25, 0.3) is 0 Å². The molecule has 8 nitrogen and oxygen atoms in total. The summed E-state index contributed by atoms with van der Waals surface area (Å²) in [6.07, 6.45) is 1.52. The molecule has 2 N–H and O–H groups in total. The molecule has 1 aromatic carbocycles.